The molecule has 1 aromatic carbocycles. The van der Waals surface area contributed by atoms with Gasteiger partial charge >= 0.3 is 5.97 Å². The summed E-state index contributed by atoms with van der Waals surface area (Å²) in [6, 6.07) is 5.49. The number of carbonyl (C=O) groups is 1. The Balaban J connectivity index is 2.64. The Bertz CT molecular complexity index is 504. The van der Waals surface area contributed by atoms with E-state index in [-0.39, 0.29) is 0 Å². The van der Waals surface area contributed by atoms with Crippen LogP contribution in [0.4, 0.5) is 6.01 Å². The van der Waals surface area contributed by atoms with Crippen LogP contribution in [0.2, 0.25) is 0 Å². The molecule has 1 aromatic heterocycles. The third-order valence-electron chi connectivity index (χ3n) is 2.04. The van der Waals surface area contributed by atoms with Crippen molar-refractivity contribution in [3.8, 4) is 0 Å². The minimum atomic E-state index is -0.420. The Labute approximate surface area is 86.0 Å². The number of hydrogen-bond donors (Lipinski definition) is 1. The van der Waals surface area contributed by atoms with Crippen LogP contribution in [0.15, 0.2) is 22.6 Å². The van der Waals surface area contributed by atoms with Gasteiger partial charge in [-0.25, -0.2) is 4.79 Å². The number of hydrogen-bond acceptors (Lipinski definition) is 5. The first-order chi connectivity index (χ1) is 7.26. The number of nitrogens with one attached hydrogen (secondary N) is 1. The van der Waals surface area contributed by atoms with E-state index in [0.717, 1.165) is 0 Å². The average molecular weight is 206 g/mol. The van der Waals surface area contributed by atoms with Gasteiger partial charge in [0.15, 0.2) is 5.58 Å². The second-order valence-corrected chi connectivity index (χ2v) is 2.91. The van der Waals surface area contributed by atoms with Gasteiger partial charge in [0.1, 0.15) is 5.52 Å². The molecule has 0 bridgehead atoms. The predicted molar refractivity (Wildman–Crippen MR) is 54.9 cm³/mol. The van der Waals surface area contributed by atoms with Crippen molar-refractivity contribution in [1.29, 1.82) is 0 Å². The van der Waals surface area contributed by atoms with Gasteiger partial charge in [0, 0.05) is 7.05 Å². The van der Waals surface area contributed by atoms with E-state index < -0.39 is 5.97 Å². The summed E-state index contributed by atoms with van der Waals surface area (Å²) in [6.45, 7) is 0. The predicted octanol–water partition coefficient (Wildman–Crippen LogP) is 1.66. The molecule has 0 saturated carbocycles. The molecule has 0 saturated heterocycles. The summed E-state index contributed by atoms with van der Waals surface area (Å²) in [5.74, 6) is -0.420. The molecule has 0 radical (unpaired) electrons. The molecule has 15 heavy (non-hydrogen) atoms. The van der Waals surface area contributed by atoms with E-state index in [0.29, 0.717) is 22.7 Å². The summed E-state index contributed by atoms with van der Waals surface area (Å²) < 4.78 is 9.97. The Morgan fingerprint density at radius 1 is 1.53 bits per heavy atom. The number of esters is 1. The molecule has 0 spiro atoms. The number of methoxy groups -OCH3 is 1. The minimum absolute atomic E-state index is 0.376. The van der Waals surface area contributed by atoms with Gasteiger partial charge in [-0.15, -0.1) is 0 Å². The van der Waals surface area contributed by atoms with E-state index >= 15 is 0 Å². The van der Waals surface area contributed by atoms with Crippen LogP contribution in [0.5, 0.6) is 0 Å². The van der Waals surface area contributed by atoms with E-state index in [2.05, 4.69) is 15.0 Å². The summed E-state index contributed by atoms with van der Waals surface area (Å²) in [5, 5.41) is 2.77. The largest absolute Gasteiger partial charge is 0.465 e. The van der Waals surface area contributed by atoms with Gasteiger partial charge in [0.2, 0.25) is 0 Å². The Morgan fingerprint density at radius 3 is 3.00 bits per heavy atom. The second kappa shape index (κ2) is 3.61. The Kier molecular flexibility index (Phi) is 2.29. The molecule has 0 aliphatic heterocycles. The Hall–Kier alpha value is -2.04. The topological polar surface area (TPSA) is 64.4 Å². The molecule has 0 fully saturated rings. The van der Waals surface area contributed by atoms with Crippen LogP contribution in [-0.4, -0.2) is 25.1 Å². The third-order valence-corrected chi connectivity index (χ3v) is 2.04. The highest BCUT2D eigenvalue weighted by molar-refractivity contribution is 6.01. The number of aromatic nitrogens is 1. The summed E-state index contributed by atoms with van der Waals surface area (Å²) >= 11 is 0. The zero-order valence-corrected chi connectivity index (χ0v) is 8.40. The van der Waals surface area contributed by atoms with Crippen molar-refractivity contribution < 1.29 is 13.9 Å². The third kappa shape index (κ3) is 1.52. The summed E-state index contributed by atoms with van der Waals surface area (Å²) in [7, 11) is 3.03. The van der Waals surface area contributed by atoms with E-state index in [1.54, 1.807) is 25.2 Å². The number of fused-ring (bicyclic) bond motifs is 1. The molecule has 0 aliphatic rings. The lowest BCUT2D eigenvalue weighted by molar-refractivity contribution is 0.0603. The van der Waals surface area contributed by atoms with Crippen LogP contribution < -0.4 is 5.32 Å². The van der Waals surface area contributed by atoms with Crippen molar-refractivity contribution >= 4 is 23.1 Å². The second-order valence-electron chi connectivity index (χ2n) is 2.91. The van der Waals surface area contributed by atoms with Crippen LogP contribution >= 0.6 is 0 Å². The average Bonchev–Trinajstić information content (AvgIpc) is 2.70. The lowest BCUT2D eigenvalue weighted by Gasteiger charge is -1.97. The number of anilines is 1. The molecule has 0 aliphatic carbocycles. The number of benzene rings is 1. The first-order valence-electron chi connectivity index (χ1n) is 4.42. The monoisotopic (exact) mass is 206 g/mol. The van der Waals surface area contributed by atoms with Gasteiger partial charge in [-0.1, -0.05) is 6.07 Å². The van der Waals surface area contributed by atoms with Crippen LogP contribution in [0.25, 0.3) is 11.1 Å². The maximum Gasteiger partial charge on any atom is 0.340 e. The highest BCUT2D eigenvalue weighted by Crippen LogP contribution is 2.22. The van der Waals surface area contributed by atoms with Crippen molar-refractivity contribution in [2.75, 3.05) is 19.5 Å². The normalized spacial score (nSPS) is 10.3. The van der Waals surface area contributed by atoms with Gasteiger partial charge in [-0.2, -0.15) is 4.98 Å². The summed E-state index contributed by atoms with van der Waals surface area (Å²) in [4.78, 5) is 15.5. The molecule has 0 unspecified atom stereocenters. The van der Waals surface area contributed by atoms with E-state index in [1.807, 2.05) is 0 Å². The maximum absolute atomic E-state index is 11.4. The molecule has 5 nitrogen and oxygen atoms in total. The van der Waals surface area contributed by atoms with Crippen LogP contribution in [-0.2, 0) is 4.74 Å². The first kappa shape index (κ1) is 9.51. The highest BCUT2D eigenvalue weighted by atomic mass is 16.5. The standard InChI is InChI=1S/C10H10N2O3/c1-11-10-12-8-6(9(13)14-2)4-3-5-7(8)15-10/h3-5H,1-2H3,(H,11,12). The number of nitrogens with zero attached hydrogens (tertiary/aromatic N) is 1. The molecule has 78 valence electrons. The quantitative estimate of drug-likeness (QED) is 0.757. The number of oxazole rings is 1. The lowest BCUT2D eigenvalue weighted by atomic mass is 10.2. The first-order valence-corrected chi connectivity index (χ1v) is 4.42. The smallest absolute Gasteiger partial charge is 0.340 e. The summed E-state index contributed by atoms with van der Waals surface area (Å²) in [5.41, 5.74) is 1.47. The number of carbonyl (C=O) groups excluding carboxylic acids is 1. The van der Waals surface area contributed by atoms with Gasteiger partial charge in [0.25, 0.3) is 6.01 Å². The molecule has 1 N–H and O–H groups in total. The van der Waals surface area contributed by atoms with Crippen molar-refractivity contribution in [3.63, 3.8) is 0 Å². The number of ether oxygens (including phenoxy) is 1. The number of para-hydroxylation sites is 1. The fraction of sp³-hybridized carbons (Fsp3) is 0.200. The van der Waals surface area contributed by atoms with Gasteiger partial charge < -0.3 is 14.5 Å². The van der Waals surface area contributed by atoms with Crippen molar-refractivity contribution in [1.82, 2.24) is 4.98 Å². The molecule has 0 atom stereocenters. The molecule has 5 heteroatoms. The van der Waals surface area contributed by atoms with Crippen molar-refractivity contribution in [2.45, 2.75) is 0 Å². The zero-order chi connectivity index (χ0) is 10.8. The lowest BCUT2D eigenvalue weighted by Crippen LogP contribution is -2.01. The van der Waals surface area contributed by atoms with E-state index in [4.69, 9.17) is 4.42 Å². The van der Waals surface area contributed by atoms with Gasteiger partial charge in [-0.05, 0) is 12.1 Å². The highest BCUT2D eigenvalue weighted by Gasteiger charge is 2.14. The fourth-order valence-electron chi connectivity index (χ4n) is 1.33. The molecule has 2 rings (SSSR count). The molecular formula is C10H10N2O3. The molecule has 1 heterocycles. The summed E-state index contributed by atoms with van der Waals surface area (Å²) in [6.07, 6.45) is 0. The van der Waals surface area contributed by atoms with Crippen molar-refractivity contribution in [2.24, 2.45) is 0 Å². The molecule has 2 aromatic rings. The Morgan fingerprint density at radius 2 is 2.33 bits per heavy atom. The number of rotatable bonds is 2. The van der Waals surface area contributed by atoms with E-state index in [9.17, 15) is 4.79 Å². The zero-order valence-electron chi connectivity index (χ0n) is 8.40. The molecular weight excluding hydrogens is 196 g/mol. The van der Waals surface area contributed by atoms with Crippen LogP contribution in [0, 0.1) is 0 Å². The van der Waals surface area contributed by atoms with Gasteiger partial charge in [-0.3, -0.25) is 0 Å². The fourth-order valence-corrected chi connectivity index (χ4v) is 1.33. The minimum Gasteiger partial charge on any atom is -0.465 e. The van der Waals surface area contributed by atoms with Gasteiger partial charge in [0.05, 0.1) is 12.7 Å². The van der Waals surface area contributed by atoms with Crippen LogP contribution in [0.1, 0.15) is 10.4 Å². The van der Waals surface area contributed by atoms with Crippen molar-refractivity contribution in [3.05, 3.63) is 23.8 Å². The van der Waals surface area contributed by atoms with E-state index in [1.165, 1.54) is 7.11 Å². The maximum atomic E-state index is 11.4. The SMILES string of the molecule is CNc1nc2c(C(=O)OC)cccc2o1. The molecule has 0 amide bonds. The van der Waals surface area contributed by atoms with Crippen LogP contribution in [0.3, 0.4) is 0 Å².